The fraction of sp³-hybridized carbons (Fsp3) is 0.640. The van der Waals surface area contributed by atoms with Crippen molar-refractivity contribution in [3.63, 3.8) is 0 Å². The summed E-state index contributed by atoms with van der Waals surface area (Å²) in [4.78, 5) is 57.8. The lowest BCUT2D eigenvalue weighted by Gasteiger charge is -2.32. The van der Waals surface area contributed by atoms with Crippen molar-refractivity contribution in [1.29, 1.82) is 0 Å². The average molecular weight is 474 g/mol. The fourth-order valence-corrected chi connectivity index (χ4v) is 4.18. The van der Waals surface area contributed by atoms with Crippen LogP contribution in [0, 0.1) is 11.8 Å². The SMILES string of the molecule is CC1CCN(C(=O)C(C)OC(=O)c2cccc(C(=O)OC(C)C(=O)N3CCC(C)CC3)n2)CC1. The molecule has 3 heterocycles. The Balaban J connectivity index is 1.55. The molecular weight excluding hydrogens is 438 g/mol. The third kappa shape index (κ3) is 6.55. The molecule has 2 aliphatic heterocycles. The summed E-state index contributed by atoms with van der Waals surface area (Å²) >= 11 is 0. The zero-order chi connectivity index (χ0) is 24.8. The van der Waals surface area contributed by atoms with Crippen molar-refractivity contribution in [2.75, 3.05) is 26.2 Å². The molecule has 0 radical (unpaired) electrons. The van der Waals surface area contributed by atoms with E-state index in [-0.39, 0.29) is 23.2 Å². The standard InChI is InChI=1S/C25H35N3O6/c1-16-8-12-27(13-9-16)22(29)18(3)33-24(31)20-6-5-7-21(26-20)25(32)34-19(4)23(30)28-14-10-17(2)11-15-28/h5-7,16-19H,8-15H2,1-4H3. The first-order chi connectivity index (χ1) is 16.2. The second-order valence-electron chi connectivity index (χ2n) is 9.52. The van der Waals surface area contributed by atoms with Crippen molar-refractivity contribution < 1.29 is 28.7 Å². The van der Waals surface area contributed by atoms with E-state index in [0.29, 0.717) is 38.0 Å². The van der Waals surface area contributed by atoms with Gasteiger partial charge in [-0.15, -0.1) is 0 Å². The lowest BCUT2D eigenvalue weighted by Crippen LogP contribution is -2.44. The van der Waals surface area contributed by atoms with Gasteiger partial charge >= 0.3 is 11.9 Å². The number of amides is 2. The molecule has 2 saturated heterocycles. The molecule has 0 bridgehead atoms. The fourth-order valence-electron chi connectivity index (χ4n) is 4.18. The van der Waals surface area contributed by atoms with Gasteiger partial charge in [-0.25, -0.2) is 14.6 Å². The minimum atomic E-state index is -0.955. The van der Waals surface area contributed by atoms with Gasteiger partial charge in [0.2, 0.25) is 0 Å². The summed E-state index contributed by atoms with van der Waals surface area (Å²) < 4.78 is 10.6. The Morgan fingerprint density at radius 2 is 1.12 bits per heavy atom. The molecule has 1 aromatic rings. The number of rotatable bonds is 6. The maximum absolute atomic E-state index is 12.6. The van der Waals surface area contributed by atoms with Crippen LogP contribution in [0.3, 0.4) is 0 Å². The zero-order valence-corrected chi connectivity index (χ0v) is 20.5. The maximum atomic E-state index is 12.6. The largest absolute Gasteiger partial charge is 0.448 e. The van der Waals surface area contributed by atoms with Crippen LogP contribution in [0.4, 0.5) is 0 Å². The lowest BCUT2D eigenvalue weighted by molar-refractivity contribution is -0.141. The highest BCUT2D eigenvalue weighted by Gasteiger charge is 2.29. The summed E-state index contributed by atoms with van der Waals surface area (Å²) in [5, 5.41) is 0. The molecule has 2 fully saturated rings. The van der Waals surface area contributed by atoms with Crippen LogP contribution in [-0.4, -0.2) is 76.9 Å². The number of hydrogen-bond donors (Lipinski definition) is 0. The van der Waals surface area contributed by atoms with Crippen LogP contribution in [0.1, 0.15) is 74.4 Å². The number of likely N-dealkylation sites (tertiary alicyclic amines) is 2. The van der Waals surface area contributed by atoms with Gasteiger partial charge in [0.05, 0.1) is 0 Å². The first kappa shape index (κ1) is 25.6. The molecule has 0 aliphatic carbocycles. The van der Waals surface area contributed by atoms with Crippen LogP contribution < -0.4 is 0 Å². The van der Waals surface area contributed by atoms with E-state index < -0.39 is 24.1 Å². The van der Waals surface area contributed by atoms with Gasteiger partial charge in [-0.3, -0.25) is 9.59 Å². The molecule has 34 heavy (non-hydrogen) atoms. The number of piperidine rings is 2. The molecule has 9 nitrogen and oxygen atoms in total. The van der Waals surface area contributed by atoms with Crippen LogP contribution in [-0.2, 0) is 19.1 Å². The van der Waals surface area contributed by atoms with Crippen molar-refractivity contribution in [2.45, 2.75) is 65.6 Å². The van der Waals surface area contributed by atoms with Crippen molar-refractivity contribution in [3.8, 4) is 0 Å². The molecule has 2 unspecified atom stereocenters. The number of esters is 2. The number of pyridine rings is 1. The summed E-state index contributed by atoms with van der Waals surface area (Å²) in [7, 11) is 0. The highest BCUT2D eigenvalue weighted by atomic mass is 16.6. The Labute approximate surface area is 200 Å². The molecule has 2 aliphatic rings. The van der Waals surface area contributed by atoms with Crippen LogP contribution in [0.5, 0.6) is 0 Å². The first-order valence-electron chi connectivity index (χ1n) is 12.1. The van der Waals surface area contributed by atoms with E-state index in [4.69, 9.17) is 9.47 Å². The Bertz CT molecular complexity index is 834. The number of nitrogens with zero attached hydrogens (tertiary/aromatic N) is 3. The molecule has 186 valence electrons. The summed E-state index contributed by atoms with van der Waals surface area (Å²) in [6.45, 7) is 9.96. The van der Waals surface area contributed by atoms with Gasteiger partial charge in [0.1, 0.15) is 11.4 Å². The molecule has 3 rings (SSSR count). The molecule has 2 amide bonds. The van der Waals surface area contributed by atoms with E-state index in [1.807, 2.05) is 0 Å². The molecule has 0 spiro atoms. The molecular formula is C25H35N3O6. The van der Waals surface area contributed by atoms with Crippen molar-refractivity contribution >= 4 is 23.8 Å². The Hall–Kier alpha value is -2.97. The van der Waals surface area contributed by atoms with Crippen LogP contribution in [0.25, 0.3) is 0 Å². The third-order valence-corrected chi connectivity index (χ3v) is 6.62. The smallest absolute Gasteiger partial charge is 0.357 e. The van der Waals surface area contributed by atoms with E-state index in [1.54, 1.807) is 9.80 Å². The molecule has 0 saturated carbocycles. The molecule has 9 heteroatoms. The quantitative estimate of drug-likeness (QED) is 0.585. The molecule has 2 atom stereocenters. The van der Waals surface area contributed by atoms with E-state index in [2.05, 4.69) is 18.8 Å². The summed E-state index contributed by atoms with van der Waals surface area (Å²) in [5.74, 6) is -0.921. The highest BCUT2D eigenvalue weighted by molar-refractivity contribution is 5.94. The number of carbonyl (C=O) groups excluding carboxylic acids is 4. The predicted octanol–water partition coefficient (Wildman–Crippen LogP) is 2.69. The van der Waals surface area contributed by atoms with Crippen molar-refractivity contribution in [3.05, 3.63) is 29.6 Å². The van der Waals surface area contributed by atoms with Gasteiger partial charge in [0.25, 0.3) is 11.8 Å². The number of hydrogen-bond acceptors (Lipinski definition) is 7. The van der Waals surface area contributed by atoms with Crippen LogP contribution in [0.2, 0.25) is 0 Å². The summed E-state index contributed by atoms with van der Waals surface area (Å²) in [6, 6.07) is 4.29. The number of ether oxygens (including phenoxy) is 2. The Morgan fingerprint density at radius 3 is 1.47 bits per heavy atom. The van der Waals surface area contributed by atoms with E-state index in [9.17, 15) is 19.2 Å². The lowest BCUT2D eigenvalue weighted by atomic mass is 9.99. The van der Waals surface area contributed by atoms with Crippen LogP contribution in [0.15, 0.2) is 18.2 Å². The summed E-state index contributed by atoms with van der Waals surface area (Å²) in [6.07, 6.45) is 1.80. The second kappa shape index (κ2) is 11.4. The molecule has 0 aromatic carbocycles. The van der Waals surface area contributed by atoms with Gasteiger partial charge in [-0.05, 0) is 63.5 Å². The zero-order valence-electron chi connectivity index (χ0n) is 20.5. The summed E-state index contributed by atoms with van der Waals surface area (Å²) in [5.41, 5.74) is -0.212. The van der Waals surface area contributed by atoms with Gasteiger partial charge in [0.15, 0.2) is 12.2 Å². The normalized spacial score (nSPS) is 19.3. The van der Waals surface area contributed by atoms with Gasteiger partial charge in [-0.2, -0.15) is 0 Å². The third-order valence-electron chi connectivity index (χ3n) is 6.62. The predicted molar refractivity (Wildman–Crippen MR) is 124 cm³/mol. The van der Waals surface area contributed by atoms with Gasteiger partial charge in [-0.1, -0.05) is 19.9 Å². The highest BCUT2D eigenvalue weighted by Crippen LogP contribution is 2.19. The maximum Gasteiger partial charge on any atom is 0.357 e. The van der Waals surface area contributed by atoms with Crippen molar-refractivity contribution in [2.24, 2.45) is 11.8 Å². The minimum Gasteiger partial charge on any atom is -0.448 e. The van der Waals surface area contributed by atoms with Crippen molar-refractivity contribution in [1.82, 2.24) is 14.8 Å². The molecule has 1 aromatic heterocycles. The molecule has 0 N–H and O–H groups in total. The monoisotopic (exact) mass is 473 g/mol. The number of carbonyl (C=O) groups is 4. The van der Waals surface area contributed by atoms with E-state index >= 15 is 0 Å². The number of aromatic nitrogens is 1. The average Bonchev–Trinajstić information content (AvgIpc) is 2.84. The van der Waals surface area contributed by atoms with E-state index in [0.717, 1.165) is 25.7 Å². The second-order valence-corrected chi connectivity index (χ2v) is 9.52. The van der Waals surface area contributed by atoms with Gasteiger partial charge in [0, 0.05) is 26.2 Å². The minimum absolute atomic E-state index is 0.106. The first-order valence-corrected chi connectivity index (χ1v) is 12.1. The van der Waals surface area contributed by atoms with Gasteiger partial charge < -0.3 is 19.3 Å². The Kier molecular flexibility index (Phi) is 8.63. The topological polar surface area (TPSA) is 106 Å². The Morgan fingerprint density at radius 1 is 0.765 bits per heavy atom. The van der Waals surface area contributed by atoms with Crippen LogP contribution >= 0.6 is 0 Å². The van der Waals surface area contributed by atoms with E-state index in [1.165, 1.54) is 32.0 Å².